The molecule has 0 spiro atoms. The Morgan fingerprint density at radius 1 is 1.53 bits per heavy atom. The maximum absolute atomic E-state index is 11.5. The van der Waals surface area contributed by atoms with E-state index in [9.17, 15) is 4.79 Å². The average molecular weight is 280 g/mol. The van der Waals surface area contributed by atoms with Gasteiger partial charge in [0.1, 0.15) is 6.04 Å². The fraction of sp³-hybridized carbons (Fsp3) is 0.231. The lowest BCUT2D eigenvalue weighted by Gasteiger charge is -2.17. The number of aromatic nitrogens is 1. The molecule has 0 saturated carbocycles. The third-order valence-corrected chi connectivity index (χ3v) is 3.10. The summed E-state index contributed by atoms with van der Waals surface area (Å²) in [5.41, 5.74) is 6.95. The number of fused-ring (bicyclic) bond motifs is 1. The van der Waals surface area contributed by atoms with Crippen LogP contribution in [0.1, 0.15) is 0 Å². The third-order valence-electron chi connectivity index (χ3n) is 2.77. The molecule has 3 N–H and O–H groups in total. The molecule has 2 aromatic rings. The lowest BCUT2D eigenvalue weighted by Crippen LogP contribution is -2.37. The molecule has 1 unspecified atom stereocenters. The van der Waals surface area contributed by atoms with Gasteiger partial charge in [0, 0.05) is 18.1 Å². The van der Waals surface area contributed by atoms with Crippen molar-refractivity contribution < 1.29 is 9.53 Å². The Labute approximate surface area is 115 Å². The van der Waals surface area contributed by atoms with Crippen LogP contribution >= 0.6 is 11.6 Å². The van der Waals surface area contributed by atoms with E-state index in [-0.39, 0.29) is 6.54 Å². The van der Waals surface area contributed by atoms with Crippen molar-refractivity contribution in [3.8, 4) is 0 Å². The number of esters is 1. The number of methoxy groups -OCH3 is 1. The van der Waals surface area contributed by atoms with Crippen LogP contribution in [0.15, 0.2) is 30.5 Å². The number of nitrogens with two attached hydrogens (primary N) is 1. The Hall–Kier alpha value is -1.85. The molecule has 0 radical (unpaired) electrons. The Morgan fingerprint density at radius 3 is 3.00 bits per heavy atom. The number of nitrogens with zero attached hydrogens (tertiary/aromatic N) is 1. The summed E-state index contributed by atoms with van der Waals surface area (Å²) in [7, 11) is 1.32. The Bertz CT molecular complexity index is 603. The lowest BCUT2D eigenvalue weighted by molar-refractivity contribution is -0.141. The number of anilines is 1. The van der Waals surface area contributed by atoms with Gasteiger partial charge in [0.05, 0.1) is 23.3 Å². The monoisotopic (exact) mass is 279 g/mol. The molecule has 0 aliphatic carbocycles. The number of pyridine rings is 1. The number of rotatable bonds is 4. The van der Waals surface area contributed by atoms with Crippen molar-refractivity contribution in [2.24, 2.45) is 5.73 Å². The molecule has 0 aliphatic heterocycles. The second-order valence-electron chi connectivity index (χ2n) is 3.95. The molecule has 0 amide bonds. The minimum Gasteiger partial charge on any atom is -0.467 e. The summed E-state index contributed by atoms with van der Waals surface area (Å²) in [4.78, 5) is 15.8. The van der Waals surface area contributed by atoms with Crippen molar-refractivity contribution in [1.82, 2.24) is 4.98 Å². The fourth-order valence-electron chi connectivity index (χ4n) is 1.80. The van der Waals surface area contributed by atoms with E-state index in [2.05, 4.69) is 15.0 Å². The zero-order chi connectivity index (χ0) is 13.8. The molecular weight excluding hydrogens is 266 g/mol. The Balaban J connectivity index is 2.40. The number of carbonyl (C=O) groups is 1. The fourth-order valence-corrected chi connectivity index (χ4v) is 2.01. The maximum Gasteiger partial charge on any atom is 0.329 e. The largest absolute Gasteiger partial charge is 0.467 e. The highest BCUT2D eigenvalue weighted by Crippen LogP contribution is 2.28. The number of nitrogens with one attached hydrogen (secondary N) is 1. The van der Waals surface area contributed by atoms with Gasteiger partial charge in [0.2, 0.25) is 0 Å². The maximum atomic E-state index is 11.5. The first-order valence-electron chi connectivity index (χ1n) is 5.75. The summed E-state index contributed by atoms with van der Waals surface area (Å²) in [6.45, 7) is 0.129. The normalized spacial score (nSPS) is 12.2. The Morgan fingerprint density at radius 2 is 2.32 bits per heavy atom. The van der Waals surface area contributed by atoms with Crippen LogP contribution in [0.25, 0.3) is 10.9 Å². The molecule has 0 saturated heterocycles. The van der Waals surface area contributed by atoms with E-state index >= 15 is 0 Å². The summed E-state index contributed by atoms with van der Waals surface area (Å²) >= 11 is 6.11. The van der Waals surface area contributed by atoms with Gasteiger partial charge in [-0.05, 0) is 24.3 Å². The first-order chi connectivity index (χ1) is 9.17. The van der Waals surface area contributed by atoms with E-state index in [1.54, 1.807) is 24.4 Å². The Kier molecular flexibility index (Phi) is 4.19. The van der Waals surface area contributed by atoms with Gasteiger partial charge in [-0.1, -0.05) is 11.6 Å². The molecule has 0 bridgehead atoms. The van der Waals surface area contributed by atoms with E-state index < -0.39 is 12.0 Å². The van der Waals surface area contributed by atoms with Crippen molar-refractivity contribution in [2.75, 3.05) is 19.0 Å². The SMILES string of the molecule is COC(=O)C(CN)Nc1ccc(Cl)c2cccnc12. The van der Waals surface area contributed by atoms with Gasteiger partial charge in [-0.25, -0.2) is 4.79 Å². The highest BCUT2D eigenvalue weighted by Gasteiger charge is 2.18. The minimum absolute atomic E-state index is 0.129. The summed E-state index contributed by atoms with van der Waals surface area (Å²) in [5.74, 6) is -0.415. The van der Waals surface area contributed by atoms with Crippen LogP contribution in [-0.2, 0) is 9.53 Å². The number of ether oxygens (including phenoxy) is 1. The van der Waals surface area contributed by atoms with Gasteiger partial charge < -0.3 is 15.8 Å². The van der Waals surface area contributed by atoms with Crippen molar-refractivity contribution in [3.05, 3.63) is 35.5 Å². The quantitative estimate of drug-likeness (QED) is 0.835. The van der Waals surface area contributed by atoms with Crippen LogP contribution in [0, 0.1) is 0 Å². The van der Waals surface area contributed by atoms with E-state index in [0.29, 0.717) is 16.2 Å². The smallest absolute Gasteiger partial charge is 0.329 e. The van der Waals surface area contributed by atoms with Crippen LogP contribution in [0.4, 0.5) is 5.69 Å². The molecule has 1 atom stereocenters. The van der Waals surface area contributed by atoms with Crippen molar-refractivity contribution in [1.29, 1.82) is 0 Å². The van der Waals surface area contributed by atoms with Crippen molar-refractivity contribution in [2.45, 2.75) is 6.04 Å². The molecular formula is C13H14ClN3O2. The van der Waals surface area contributed by atoms with Crippen LogP contribution in [0.3, 0.4) is 0 Å². The first-order valence-corrected chi connectivity index (χ1v) is 6.13. The summed E-state index contributed by atoms with van der Waals surface area (Å²) < 4.78 is 4.68. The van der Waals surface area contributed by atoms with Gasteiger partial charge in [-0.3, -0.25) is 4.98 Å². The number of carbonyl (C=O) groups excluding carboxylic acids is 1. The van der Waals surface area contributed by atoms with Gasteiger partial charge >= 0.3 is 5.97 Å². The topological polar surface area (TPSA) is 77.2 Å². The molecule has 1 heterocycles. The third kappa shape index (κ3) is 2.77. The van der Waals surface area contributed by atoms with Crippen molar-refractivity contribution in [3.63, 3.8) is 0 Å². The van der Waals surface area contributed by atoms with Crippen molar-refractivity contribution >= 4 is 34.2 Å². The second kappa shape index (κ2) is 5.86. The van der Waals surface area contributed by atoms with Crippen LogP contribution < -0.4 is 11.1 Å². The summed E-state index contributed by atoms with van der Waals surface area (Å²) in [6, 6.07) is 6.57. The predicted octanol–water partition coefficient (Wildman–Crippen LogP) is 1.80. The van der Waals surface area contributed by atoms with E-state index in [1.807, 2.05) is 6.07 Å². The summed E-state index contributed by atoms with van der Waals surface area (Å²) in [5, 5.41) is 4.45. The molecule has 1 aromatic heterocycles. The zero-order valence-corrected chi connectivity index (χ0v) is 11.1. The van der Waals surface area contributed by atoms with E-state index in [0.717, 1.165) is 5.39 Å². The first kappa shape index (κ1) is 13.6. The standard InChI is InChI=1S/C13H14ClN3O2/c1-19-13(18)11(7-15)17-10-5-4-9(14)8-3-2-6-16-12(8)10/h2-6,11,17H,7,15H2,1H3. The molecule has 1 aromatic carbocycles. The molecule has 2 rings (SSSR count). The highest BCUT2D eigenvalue weighted by molar-refractivity contribution is 6.35. The van der Waals surface area contributed by atoms with Crippen LogP contribution in [0.5, 0.6) is 0 Å². The van der Waals surface area contributed by atoms with E-state index in [1.165, 1.54) is 7.11 Å². The molecule has 6 heteroatoms. The highest BCUT2D eigenvalue weighted by atomic mass is 35.5. The average Bonchev–Trinajstić information content (AvgIpc) is 2.46. The molecule has 0 fully saturated rings. The minimum atomic E-state index is -0.614. The number of hydrogen-bond acceptors (Lipinski definition) is 5. The summed E-state index contributed by atoms with van der Waals surface area (Å²) in [6.07, 6.45) is 1.67. The molecule has 5 nitrogen and oxygen atoms in total. The number of halogens is 1. The number of hydrogen-bond donors (Lipinski definition) is 2. The molecule has 100 valence electrons. The van der Waals surface area contributed by atoms with Gasteiger partial charge in [0.25, 0.3) is 0 Å². The zero-order valence-electron chi connectivity index (χ0n) is 10.4. The van der Waals surface area contributed by atoms with Gasteiger partial charge in [-0.15, -0.1) is 0 Å². The lowest BCUT2D eigenvalue weighted by atomic mass is 10.1. The molecule has 19 heavy (non-hydrogen) atoms. The number of benzene rings is 1. The predicted molar refractivity (Wildman–Crippen MR) is 75.2 cm³/mol. The van der Waals surface area contributed by atoms with Crippen LogP contribution in [-0.4, -0.2) is 30.6 Å². The van der Waals surface area contributed by atoms with Gasteiger partial charge in [0.15, 0.2) is 0 Å². The van der Waals surface area contributed by atoms with E-state index in [4.69, 9.17) is 17.3 Å². The van der Waals surface area contributed by atoms with Gasteiger partial charge in [-0.2, -0.15) is 0 Å². The molecule has 0 aliphatic rings. The second-order valence-corrected chi connectivity index (χ2v) is 4.36. The van der Waals surface area contributed by atoms with Crippen LogP contribution in [0.2, 0.25) is 5.02 Å².